The molecule has 2 saturated heterocycles. The Bertz CT molecular complexity index is 1370. The van der Waals surface area contributed by atoms with Gasteiger partial charge in [-0.25, -0.2) is 4.98 Å². The minimum Gasteiger partial charge on any atom is -0.381 e. The van der Waals surface area contributed by atoms with Crippen LogP contribution in [0.25, 0.3) is 10.9 Å². The number of hydrogen-bond donors (Lipinski definition) is 0. The van der Waals surface area contributed by atoms with Crippen molar-refractivity contribution >= 4 is 34.3 Å². The Hall–Kier alpha value is -2.11. The zero-order chi connectivity index (χ0) is 27.6. The summed E-state index contributed by atoms with van der Waals surface area (Å²) in [5.74, 6) is 0.834. The Kier molecular flexibility index (Phi) is 8.88. The average molecular weight is 581 g/mol. The van der Waals surface area contributed by atoms with E-state index in [9.17, 15) is 18.0 Å². The van der Waals surface area contributed by atoms with Crippen molar-refractivity contribution in [3.8, 4) is 0 Å². The highest BCUT2D eigenvalue weighted by molar-refractivity contribution is 7.99. The third kappa shape index (κ3) is 6.62. The number of ether oxygens (including phenoxy) is 1. The molecule has 39 heavy (non-hydrogen) atoms. The number of benzene rings is 2. The second kappa shape index (κ2) is 12.2. The predicted molar refractivity (Wildman–Crippen MR) is 149 cm³/mol. The van der Waals surface area contributed by atoms with E-state index in [0.717, 1.165) is 80.6 Å². The van der Waals surface area contributed by atoms with Gasteiger partial charge in [-0.15, -0.1) is 11.8 Å². The van der Waals surface area contributed by atoms with E-state index in [2.05, 4.69) is 14.8 Å². The maximum absolute atomic E-state index is 13.9. The number of aromatic nitrogens is 2. The fourth-order valence-corrected chi connectivity index (χ4v) is 6.45. The molecule has 0 unspecified atom stereocenters. The normalized spacial score (nSPS) is 18.2. The number of halogens is 4. The van der Waals surface area contributed by atoms with E-state index in [-0.39, 0.29) is 11.9 Å². The number of hydrogen-bond acceptors (Lipinski definition) is 6. The maximum atomic E-state index is 13.9. The zero-order valence-electron chi connectivity index (χ0n) is 21.8. The highest BCUT2D eigenvalue weighted by Crippen LogP contribution is 2.33. The van der Waals surface area contributed by atoms with Crippen LogP contribution in [0.5, 0.6) is 0 Å². The van der Waals surface area contributed by atoms with Gasteiger partial charge >= 0.3 is 6.18 Å². The molecule has 1 aromatic heterocycles. The monoisotopic (exact) mass is 580 g/mol. The summed E-state index contributed by atoms with van der Waals surface area (Å²) in [6, 6.07) is 8.06. The molecule has 6 nitrogen and oxygen atoms in total. The van der Waals surface area contributed by atoms with Crippen molar-refractivity contribution in [1.29, 1.82) is 0 Å². The predicted octanol–water partition coefficient (Wildman–Crippen LogP) is 5.53. The van der Waals surface area contributed by atoms with Gasteiger partial charge < -0.3 is 4.74 Å². The first kappa shape index (κ1) is 28.4. The van der Waals surface area contributed by atoms with Gasteiger partial charge in [-0.1, -0.05) is 18.5 Å². The van der Waals surface area contributed by atoms with Crippen LogP contribution < -0.4 is 5.56 Å². The van der Waals surface area contributed by atoms with E-state index in [1.165, 1.54) is 10.9 Å². The van der Waals surface area contributed by atoms with Gasteiger partial charge in [0.2, 0.25) is 0 Å². The lowest BCUT2D eigenvalue weighted by molar-refractivity contribution is -0.137. The molecule has 3 aromatic rings. The molecule has 0 N–H and O–H groups in total. The fraction of sp³-hybridized carbons (Fsp3) is 0.500. The van der Waals surface area contributed by atoms with E-state index >= 15 is 0 Å². The molecule has 0 radical (unpaired) electrons. The molecule has 2 aromatic carbocycles. The SMILES string of the molecule is CCSc1ccc(Cl)cc1Cn1cnc2c(CN3CCN(C4CCOCC4)CC3)cc(C(F)(F)F)cc2c1=O. The number of nitrogens with zero attached hydrogens (tertiary/aromatic N) is 4. The molecule has 0 atom stereocenters. The summed E-state index contributed by atoms with van der Waals surface area (Å²) in [7, 11) is 0. The summed E-state index contributed by atoms with van der Waals surface area (Å²) in [5.41, 5.74) is 0.253. The van der Waals surface area contributed by atoms with Crippen LogP contribution in [-0.2, 0) is 24.0 Å². The van der Waals surface area contributed by atoms with Crippen LogP contribution in [0.1, 0.15) is 36.5 Å². The Morgan fingerprint density at radius 2 is 1.79 bits per heavy atom. The van der Waals surface area contributed by atoms with Crippen molar-refractivity contribution in [3.63, 3.8) is 0 Å². The molecule has 210 valence electrons. The molecule has 2 fully saturated rings. The summed E-state index contributed by atoms with van der Waals surface area (Å²) in [6.45, 7) is 7.28. The first-order chi connectivity index (χ1) is 18.7. The third-order valence-electron chi connectivity index (χ3n) is 7.50. The Labute approximate surface area is 235 Å². The first-order valence-electron chi connectivity index (χ1n) is 13.3. The molecule has 0 aliphatic carbocycles. The second-order valence-electron chi connectivity index (χ2n) is 10.0. The lowest BCUT2D eigenvalue weighted by atomic mass is 10.0. The molecule has 3 heterocycles. The molecule has 0 spiro atoms. The lowest BCUT2D eigenvalue weighted by Crippen LogP contribution is -2.51. The van der Waals surface area contributed by atoms with Crippen molar-refractivity contribution in [1.82, 2.24) is 19.4 Å². The summed E-state index contributed by atoms with van der Waals surface area (Å²) >= 11 is 7.82. The second-order valence-corrected chi connectivity index (χ2v) is 11.8. The van der Waals surface area contributed by atoms with Gasteiger partial charge in [0.05, 0.1) is 29.3 Å². The Morgan fingerprint density at radius 1 is 1.05 bits per heavy atom. The van der Waals surface area contributed by atoms with Crippen molar-refractivity contribution < 1.29 is 17.9 Å². The number of rotatable bonds is 7. The van der Waals surface area contributed by atoms with Crippen molar-refractivity contribution in [3.05, 3.63) is 68.7 Å². The van der Waals surface area contributed by atoms with Gasteiger partial charge in [0.15, 0.2) is 0 Å². The molecular weight excluding hydrogens is 549 g/mol. The fourth-order valence-electron chi connectivity index (χ4n) is 5.47. The standard InChI is InChI=1S/C28H32ClF3N4O2S/c1-2-39-25-4-3-22(29)14-19(25)17-36-18-33-26-20(13-21(28(30,31)32)15-24(26)27(36)37)16-34-7-9-35(10-8-34)23-5-11-38-12-6-23/h3-4,13-15,18,23H,2,5-12,16-17H2,1H3. The number of fused-ring (bicyclic) bond motifs is 1. The smallest absolute Gasteiger partial charge is 0.381 e. The summed E-state index contributed by atoms with van der Waals surface area (Å²) in [5, 5.41) is 0.515. The van der Waals surface area contributed by atoms with Crippen molar-refractivity contribution in [2.45, 2.75) is 50.0 Å². The molecule has 0 bridgehead atoms. The van der Waals surface area contributed by atoms with Crippen LogP contribution in [0.15, 0.2) is 46.3 Å². The van der Waals surface area contributed by atoms with Crippen LogP contribution in [0.3, 0.4) is 0 Å². The minimum atomic E-state index is -4.57. The van der Waals surface area contributed by atoms with E-state index in [0.29, 0.717) is 28.7 Å². The van der Waals surface area contributed by atoms with Crippen LogP contribution in [-0.4, -0.2) is 70.5 Å². The highest BCUT2D eigenvalue weighted by Gasteiger charge is 2.33. The van der Waals surface area contributed by atoms with Crippen molar-refractivity contribution in [2.24, 2.45) is 0 Å². The van der Waals surface area contributed by atoms with Crippen LogP contribution in [0.2, 0.25) is 5.02 Å². The summed E-state index contributed by atoms with van der Waals surface area (Å²) < 4.78 is 48.6. The van der Waals surface area contributed by atoms with Gasteiger partial charge in [0.25, 0.3) is 5.56 Å². The maximum Gasteiger partial charge on any atom is 0.416 e. The average Bonchev–Trinajstić information content (AvgIpc) is 2.92. The van der Waals surface area contributed by atoms with Gasteiger partial charge in [0, 0.05) is 61.9 Å². The molecular formula is C28H32ClF3N4O2S. The van der Waals surface area contributed by atoms with Gasteiger partial charge in [0.1, 0.15) is 0 Å². The Balaban J connectivity index is 1.43. The number of thioether (sulfide) groups is 1. The van der Waals surface area contributed by atoms with E-state index < -0.39 is 17.3 Å². The van der Waals surface area contributed by atoms with Crippen LogP contribution in [0.4, 0.5) is 13.2 Å². The van der Waals surface area contributed by atoms with Gasteiger partial charge in [-0.3, -0.25) is 19.2 Å². The zero-order valence-corrected chi connectivity index (χ0v) is 23.4. The van der Waals surface area contributed by atoms with Gasteiger partial charge in [-0.05, 0) is 60.1 Å². The van der Waals surface area contributed by atoms with Crippen LogP contribution >= 0.6 is 23.4 Å². The third-order valence-corrected chi connectivity index (χ3v) is 8.74. The topological polar surface area (TPSA) is 50.6 Å². The van der Waals surface area contributed by atoms with Gasteiger partial charge in [-0.2, -0.15) is 13.2 Å². The largest absolute Gasteiger partial charge is 0.416 e. The molecule has 2 aliphatic heterocycles. The van der Waals surface area contributed by atoms with E-state index in [4.69, 9.17) is 16.3 Å². The molecule has 2 aliphatic rings. The van der Waals surface area contributed by atoms with Crippen LogP contribution in [0, 0.1) is 0 Å². The lowest BCUT2D eigenvalue weighted by Gasteiger charge is -2.40. The minimum absolute atomic E-state index is 0.0186. The van der Waals surface area contributed by atoms with E-state index in [1.807, 2.05) is 13.0 Å². The first-order valence-corrected chi connectivity index (χ1v) is 14.6. The molecule has 5 rings (SSSR count). The summed E-state index contributed by atoms with van der Waals surface area (Å²) in [4.78, 5) is 23.6. The highest BCUT2D eigenvalue weighted by atomic mass is 35.5. The number of alkyl halides is 3. The molecule has 0 saturated carbocycles. The van der Waals surface area contributed by atoms with E-state index in [1.54, 1.807) is 23.9 Å². The molecule has 11 heteroatoms. The number of piperazine rings is 1. The summed E-state index contributed by atoms with van der Waals surface area (Å²) in [6.07, 6.45) is -1.11. The molecule has 0 amide bonds. The van der Waals surface area contributed by atoms with Crippen molar-refractivity contribution in [2.75, 3.05) is 45.1 Å². The quantitative estimate of drug-likeness (QED) is 0.343. The Morgan fingerprint density at radius 3 is 2.49 bits per heavy atom.